The van der Waals surface area contributed by atoms with Crippen molar-refractivity contribution in [1.29, 1.82) is 0 Å². The van der Waals surface area contributed by atoms with E-state index in [1.54, 1.807) is 18.3 Å². The molecule has 2 aliphatic rings. The number of benzene rings is 2. The standard InChI is InChI=1S/C33H29FN4O/c34-24-9-6-21(7-10-24)33-29-18-32(38-31(29)13-15-37-33)27-12-14-36-30-11-8-22(17-28(27)30)23-16-26(20-35-19-23)39-25-4-2-1-3-5-25/h6-13,15-20,25,36,38H,1-5,14H2. The van der Waals surface area contributed by atoms with Crippen LogP contribution in [0, 0.1) is 5.82 Å². The minimum Gasteiger partial charge on any atom is -0.489 e. The van der Waals surface area contributed by atoms with E-state index in [4.69, 9.17) is 4.74 Å². The van der Waals surface area contributed by atoms with E-state index in [0.29, 0.717) is 0 Å². The van der Waals surface area contributed by atoms with E-state index < -0.39 is 0 Å². The van der Waals surface area contributed by atoms with Gasteiger partial charge >= 0.3 is 0 Å². The van der Waals surface area contributed by atoms with Crippen molar-refractivity contribution in [1.82, 2.24) is 15.0 Å². The zero-order valence-electron chi connectivity index (χ0n) is 21.6. The molecule has 4 heterocycles. The number of halogens is 1. The second-order valence-electron chi connectivity index (χ2n) is 10.4. The van der Waals surface area contributed by atoms with Crippen LogP contribution in [0.15, 0.2) is 85.3 Å². The van der Waals surface area contributed by atoms with Gasteiger partial charge in [-0.2, -0.15) is 0 Å². The van der Waals surface area contributed by atoms with Crippen molar-refractivity contribution in [3.63, 3.8) is 0 Å². The van der Waals surface area contributed by atoms with Gasteiger partial charge in [-0.15, -0.1) is 0 Å². The van der Waals surface area contributed by atoms with Crippen LogP contribution in [-0.2, 0) is 0 Å². The maximum atomic E-state index is 13.5. The normalized spacial score (nSPS) is 15.5. The molecule has 39 heavy (non-hydrogen) atoms. The zero-order chi connectivity index (χ0) is 26.2. The van der Waals surface area contributed by atoms with Crippen molar-refractivity contribution in [2.24, 2.45) is 0 Å². The molecule has 7 rings (SSSR count). The molecule has 1 aliphatic carbocycles. The van der Waals surface area contributed by atoms with Crippen molar-refractivity contribution in [2.45, 2.75) is 38.2 Å². The van der Waals surface area contributed by atoms with Crippen molar-refractivity contribution >= 4 is 22.2 Å². The highest BCUT2D eigenvalue weighted by molar-refractivity contribution is 5.98. The first-order valence-corrected chi connectivity index (χ1v) is 13.7. The predicted octanol–water partition coefficient (Wildman–Crippen LogP) is 8.00. The molecule has 0 amide bonds. The highest BCUT2D eigenvalue weighted by Gasteiger charge is 2.19. The van der Waals surface area contributed by atoms with Gasteiger partial charge in [0.1, 0.15) is 11.6 Å². The summed E-state index contributed by atoms with van der Waals surface area (Å²) in [6.07, 6.45) is 14.0. The van der Waals surface area contributed by atoms with Crippen LogP contribution in [0.1, 0.15) is 43.4 Å². The molecule has 0 spiro atoms. The van der Waals surface area contributed by atoms with Crippen LogP contribution in [-0.4, -0.2) is 27.6 Å². The molecule has 0 atom stereocenters. The Morgan fingerprint density at radius 3 is 2.56 bits per heavy atom. The number of rotatable bonds is 5. The topological polar surface area (TPSA) is 62.8 Å². The van der Waals surface area contributed by atoms with Gasteiger partial charge < -0.3 is 15.0 Å². The molecular weight excluding hydrogens is 487 g/mol. The minimum atomic E-state index is -0.255. The summed E-state index contributed by atoms with van der Waals surface area (Å²) in [5, 5.41) is 4.51. The Morgan fingerprint density at radius 2 is 1.69 bits per heavy atom. The Balaban J connectivity index is 1.23. The number of H-pyrrole nitrogens is 1. The van der Waals surface area contributed by atoms with E-state index in [1.807, 2.05) is 18.5 Å². The molecule has 0 saturated heterocycles. The summed E-state index contributed by atoms with van der Waals surface area (Å²) < 4.78 is 19.8. The van der Waals surface area contributed by atoms with Gasteiger partial charge in [0, 0.05) is 63.5 Å². The number of aromatic amines is 1. The summed E-state index contributed by atoms with van der Waals surface area (Å²) in [6.45, 7) is 0.742. The lowest BCUT2D eigenvalue weighted by molar-refractivity contribution is 0.154. The van der Waals surface area contributed by atoms with Gasteiger partial charge in [-0.3, -0.25) is 9.97 Å². The Hall–Kier alpha value is -4.45. The number of nitrogens with one attached hydrogen (secondary N) is 2. The van der Waals surface area contributed by atoms with Crippen molar-refractivity contribution < 1.29 is 9.13 Å². The average Bonchev–Trinajstić information content (AvgIpc) is 3.42. The highest BCUT2D eigenvalue weighted by atomic mass is 19.1. The average molecular weight is 517 g/mol. The summed E-state index contributed by atoms with van der Waals surface area (Å²) in [5.74, 6) is 0.580. The maximum Gasteiger partial charge on any atom is 0.138 e. The third-order valence-corrected chi connectivity index (χ3v) is 7.77. The molecule has 3 aromatic heterocycles. The summed E-state index contributed by atoms with van der Waals surface area (Å²) in [6, 6.07) is 19.2. The second kappa shape index (κ2) is 10.0. The van der Waals surface area contributed by atoms with Gasteiger partial charge in [-0.25, -0.2) is 4.39 Å². The first-order valence-electron chi connectivity index (χ1n) is 13.7. The van der Waals surface area contributed by atoms with Crippen LogP contribution in [0.3, 0.4) is 0 Å². The predicted molar refractivity (Wildman–Crippen MR) is 154 cm³/mol. The van der Waals surface area contributed by atoms with Gasteiger partial charge in [-0.1, -0.05) is 18.6 Å². The molecular formula is C33H29FN4O. The first-order chi connectivity index (χ1) is 19.2. The molecule has 2 aromatic carbocycles. The molecule has 6 heteroatoms. The fourth-order valence-electron chi connectivity index (χ4n) is 5.78. The molecule has 5 aromatic rings. The number of nitrogens with zero attached hydrogens (tertiary/aromatic N) is 2. The van der Waals surface area contributed by atoms with E-state index in [1.165, 1.54) is 31.4 Å². The van der Waals surface area contributed by atoms with E-state index in [-0.39, 0.29) is 11.9 Å². The SMILES string of the molecule is Fc1ccc(-c2nccc3[nH]c(C4=CCNc5ccc(-c6cncc(OC7CCCCC7)c6)cc54)cc23)cc1. The molecule has 1 fully saturated rings. The lowest BCUT2D eigenvalue weighted by Gasteiger charge is -2.23. The van der Waals surface area contributed by atoms with Gasteiger partial charge in [0.2, 0.25) is 0 Å². The molecule has 0 unspecified atom stereocenters. The summed E-state index contributed by atoms with van der Waals surface area (Å²) in [4.78, 5) is 12.7. The summed E-state index contributed by atoms with van der Waals surface area (Å²) in [7, 11) is 0. The van der Waals surface area contributed by atoms with E-state index in [9.17, 15) is 4.39 Å². The number of pyridine rings is 2. The number of ether oxygens (including phenoxy) is 1. The Bertz CT molecular complexity index is 1680. The van der Waals surface area contributed by atoms with Gasteiger partial charge in [0.25, 0.3) is 0 Å². The van der Waals surface area contributed by atoms with Crippen LogP contribution in [0.5, 0.6) is 5.75 Å². The van der Waals surface area contributed by atoms with Crippen LogP contribution in [0.2, 0.25) is 0 Å². The number of fused-ring (bicyclic) bond motifs is 2. The summed E-state index contributed by atoms with van der Waals surface area (Å²) in [5.41, 5.74) is 9.22. The van der Waals surface area contributed by atoms with E-state index in [2.05, 4.69) is 56.7 Å². The van der Waals surface area contributed by atoms with Crippen LogP contribution < -0.4 is 10.1 Å². The molecule has 1 aliphatic heterocycles. The van der Waals surface area contributed by atoms with Crippen molar-refractivity contribution in [3.05, 3.63) is 102 Å². The number of aromatic nitrogens is 3. The second-order valence-corrected chi connectivity index (χ2v) is 10.4. The number of hydrogen-bond acceptors (Lipinski definition) is 4. The largest absolute Gasteiger partial charge is 0.489 e. The minimum absolute atomic E-state index is 0.255. The molecule has 2 N–H and O–H groups in total. The molecule has 1 saturated carbocycles. The van der Waals surface area contributed by atoms with E-state index >= 15 is 0 Å². The number of hydrogen-bond donors (Lipinski definition) is 2. The van der Waals surface area contributed by atoms with Crippen molar-refractivity contribution in [3.8, 4) is 28.1 Å². The summed E-state index contributed by atoms with van der Waals surface area (Å²) >= 11 is 0. The Morgan fingerprint density at radius 1 is 0.846 bits per heavy atom. The first kappa shape index (κ1) is 23.7. The maximum absolute atomic E-state index is 13.5. The lowest BCUT2D eigenvalue weighted by atomic mass is 9.93. The molecule has 0 bridgehead atoms. The fourth-order valence-corrected chi connectivity index (χ4v) is 5.78. The molecule has 0 radical (unpaired) electrons. The van der Waals surface area contributed by atoms with Crippen LogP contribution in [0.25, 0.3) is 38.9 Å². The third kappa shape index (κ3) is 4.67. The van der Waals surface area contributed by atoms with E-state index in [0.717, 1.165) is 80.9 Å². The Kier molecular flexibility index (Phi) is 6.08. The van der Waals surface area contributed by atoms with Crippen molar-refractivity contribution in [2.75, 3.05) is 11.9 Å². The highest BCUT2D eigenvalue weighted by Crippen LogP contribution is 2.38. The lowest BCUT2D eigenvalue weighted by Crippen LogP contribution is -2.19. The third-order valence-electron chi connectivity index (χ3n) is 7.77. The smallest absolute Gasteiger partial charge is 0.138 e. The zero-order valence-corrected chi connectivity index (χ0v) is 21.6. The monoisotopic (exact) mass is 516 g/mol. The molecule has 194 valence electrons. The van der Waals surface area contributed by atoms with Gasteiger partial charge in [-0.05, 0) is 85.8 Å². The van der Waals surface area contributed by atoms with Crippen LogP contribution in [0.4, 0.5) is 10.1 Å². The van der Waals surface area contributed by atoms with Gasteiger partial charge in [0.15, 0.2) is 0 Å². The van der Waals surface area contributed by atoms with Crippen LogP contribution >= 0.6 is 0 Å². The Labute approximate surface area is 226 Å². The quantitative estimate of drug-likeness (QED) is 0.248. The molecule has 5 nitrogen and oxygen atoms in total. The fraction of sp³-hybridized carbons (Fsp3) is 0.212. The van der Waals surface area contributed by atoms with Gasteiger partial charge in [0.05, 0.1) is 18.0 Å². The number of anilines is 1.